The fourth-order valence-electron chi connectivity index (χ4n) is 3.16. The maximum Gasteiger partial charge on any atom is 0.243 e. The number of carbonyl (C=O) groups is 5. The standard InChI is InChI=1S/C21H36N4O5S/c1-14(2)19(20(29)23-13-15(3)26)24-17(27)8-6-5-7-10-25-18(28)12-16(21(25)30)31-11-9-22-4/h14,16,19,22H,5-13H2,1-4H3,(H,23,29)(H,24,27). The van der Waals surface area contributed by atoms with Crippen molar-refractivity contribution in [2.75, 3.05) is 32.4 Å². The van der Waals surface area contributed by atoms with Crippen LogP contribution in [0, 0.1) is 5.92 Å². The Morgan fingerprint density at radius 3 is 2.48 bits per heavy atom. The van der Waals surface area contributed by atoms with Crippen LogP contribution in [0.5, 0.6) is 0 Å². The van der Waals surface area contributed by atoms with E-state index in [1.165, 1.54) is 23.6 Å². The van der Waals surface area contributed by atoms with Gasteiger partial charge in [-0.05, 0) is 32.7 Å². The van der Waals surface area contributed by atoms with E-state index >= 15 is 0 Å². The molecule has 1 rings (SSSR count). The molecule has 9 nitrogen and oxygen atoms in total. The van der Waals surface area contributed by atoms with Crippen LogP contribution in [0.3, 0.4) is 0 Å². The third-order valence-corrected chi connectivity index (χ3v) is 6.15. The Morgan fingerprint density at radius 2 is 1.87 bits per heavy atom. The first-order chi connectivity index (χ1) is 14.7. The normalized spacial score (nSPS) is 17.2. The lowest BCUT2D eigenvalue weighted by molar-refractivity contribution is -0.138. The van der Waals surface area contributed by atoms with Crippen LogP contribution in [0.15, 0.2) is 0 Å². The van der Waals surface area contributed by atoms with Crippen molar-refractivity contribution in [3.8, 4) is 0 Å². The minimum Gasteiger partial charge on any atom is -0.347 e. The highest BCUT2D eigenvalue weighted by Gasteiger charge is 2.38. The number of amides is 4. The molecule has 10 heteroatoms. The van der Waals surface area contributed by atoms with E-state index in [0.717, 1.165) is 12.3 Å². The molecule has 1 fully saturated rings. The smallest absolute Gasteiger partial charge is 0.243 e. The fraction of sp³-hybridized carbons (Fsp3) is 0.762. The summed E-state index contributed by atoms with van der Waals surface area (Å²) in [4.78, 5) is 61.2. The zero-order valence-electron chi connectivity index (χ0n) is 19.0. The number of likely N-dealkylation sites (tertiary alicyclic amines) is 1. The molecule has 2 atom stereocenters. The van der Waals surface area contributed by atoms with Crippen molar-refractivity contribution in [1.29, 1.82) is 0 Å². The van der Waals surface area contributed by atoms with Crippen molar-refractivity contribution in [2.45, 2.75) is 64.2 Å². The van der Waals surface area contributed by atoms with Gasteiger partial charge in [0, 0.05) is 31.7 Å². The molecule has 176 valence electrons. The molecule has 3 N–H and O–H groups in total. The predicted octanol–water partition coefficient (Wildman–Crippen LogP) is 0.473. The number of Topliss-reactive ketones (excluding diaryl/α,β-unsaturated/α-hetero) is 1. The average Bonchev–Trinajstić information content (AvgIpc) is 2.97. The summed E-state index contributed by atoms with van der Waals surface area (Å²) in [5.74, 6) is -0.311. The van der Waals surface area contributed by atoms with Crippen molar-refractivity contribution >= 4 is 41.2 Å². The van der Waals surface area contributed by atoms with Crippen LogP contribution >= 0.6 is 11.8 Å². The van der Waals surface area contributed by atoms with Crippen molar-refractivity contribution in [3.63, 3.8) is 0 Å². The number of thioether (sulfide) groups is 1. The molecular formula is C21H36N4O5S. The lowest BCUT2D eigenvalue weighted by Gasteiger charge is -2.21. The van der Waals surface area contributed by atoms with Crippen molar-refractivity contribution in [2.24, 2.45) is 5.92 Å². The molecule has 1 saturated heterocycles. The number of hydrogen-bond acceptors (Lipinski definition) is 7. The van der Waals surface area contributed by atoms with Crippen LogP contribution in [-0.4, -0.2) is 78.0 Å². The number of ketones is 1. The van der Waals surface area contributed by atoms with Gasteiger partial charge in [0.1, 0.15) is 11.8 Å². The molecule has 1 heterocycles. The van der Waals surface area contributed by atoms with E-state index in [1.54, 1.807) is 0 Å². The summed E-state index contributed by atoms with van der Waals surface area (Å²) in [6, 6.07) is -0.691. The number of hydrogen-bond donors (Lipinski definition) is 3. The second kappa shape index (κ2) is 14.2. The molecule has 31 heavy (non-hydrogen) atoms. The fourth-order valence-corrected chi connectivity index (χ4v) is 4.29. The summed E-state index contributed by atoms with van der Waals surface area (Å²) in [5.41, 5.74) is 0. The van der Waals surface area contributed by atoms with Crippen molar-refractivity contribution < 1.29 is 24.0 Å². The van der Waals surface area contributed by atoms with E-state index in [9.17, 15) is 24.0 Å². The number of nitrogens with one attached hydrogen (secondary N) is 3. The Labute approximate surface area is 188 Å². The van der Waals surface area contributed by atoms with Gasteiger partial charge in [0.05, 0.1) is 11.8 Å². The molecule has 0 radical (unpaired) electrons. The van der Waals surface area contributed by atoms with Crippen LogP contribution in [0.1, 0.15) is 52.9 Å². The topological polar surface area (TPSA) is 125 Å². The highest BCUT2D eigenvalue weighted by Crippen LogP contribution is 2.25. The molecule has 0 spiro atoms. The van der Waals surface area contributed by atoms with Gasteiger partial charge in [0.15, 0.2) is 0 Å². The van der Waals surface area contributed by atoms with Gasteiger partial charge in [-0.25, -0.2) is 0 Å². The number of imide groups is 1. The third-order valence-electron chi connectivity index (χ3n) is 4.94. The van der Waals surface area contributed by atoms with Gasteiger partial charge in [-0.3, -0.25) is 28.9 Å². The zero-order chi connectivity index (χ0) is 23.4. The molecule has 0 bridgehead atoms. The van der Waals surface area contributed by atoms with Crippen LogP contribution in [0.2, 0.25) is 0 Å². The maximum absolute atomic E-state index is 12.4. The second-order valence-corrected chi connectivity index (χ2v) is 9.38. The van der Waals surface area contributed by atoms with E-state index in [4.69, 9.17) is 0 Å². The maximum atomic E-state index is 12.4. The highest BCUT2D eigenvalue weighted by atomic mass is 32.2. The molecule has 1 aliphatic heterocycles. The highest BCUT2D eigenvalue weighted by molar-refractivity contribution is 8.00. The quantitative estimate of drug-likeness (QED) is 0.242. The predicted molar refractivity (Wildman–Crippen MR) is 120 cm³/mol. The third kappa shape index (κ3) is 9.82. The number of nitrogens with zero attached hydrogens (tertiary/aromatic N) is 1. The Hall–Kier alpha value is -1.94. The number of carbonyl (C=O) groups excluding carboxylic acids is 5. The number of unbranched alkanes of at least 4 members (excludes halogenated alkanes) is 2. The van der Waals surface area contributed by atoms with Crippen molar-refractivity contribution in [1.82, 2.24) is 20.9 Å². The molecular weight excluding hydrogens is 420 g/mol. The van der Waals surface area contributed by atoms with E-state index in [2.05, 4.69) is 16.0 Å². The van der Waals surface area contributed by atoms with E-state index in [-0.39, 0.29) is 60.0 Å². The van der Waals surface area contributed by atoms with Gasteiger partial charge in [0.25, 0.3) is 0 Å². The Kier molecular flexibility index (Phi) is 12.4. The summed E-state index contributed by atoms with van der Waals surface area (Å²) < 4.78 is 0. The minimum absolute atomic E-state index is 0.0548. The monoisotopic (exact) mass is 456 g/mol. The summed E-state index contributed by atoms with van der Waals surface area (Å²) in [6.07, 6.45) is 2.46. The van der Waals surface area contributed by atoms with E-state index < -0.39 is 6.04 Å². The summed E-state index contributed by atoms with van der Waals surface area (Å²) in [6.45, 7) is 6.15. The molecule has 4 amide bonds. The Bertz CT molecular complexity index is 656. The van der Waals surface area contributed by atoms with E-state index in [1.807, 2.05) is 20.9 Å². The average molecular weight is 457 g/mol. The van der Waals surface area contributed by atoms with E-state index in [0.29, 0.717) is 25.8 Å². The van der Waals surface area contributed by atoms with Gasteiger partial charge in [-0.2, -0.15) is 0 Å². The Morgan fingerprint density at radius 1 is 1.16 bits per heavy atom. The van der Waals surface area contributed by atoms with Crippen LogP contribution < -0.4 is 16.0 Å². The van der Waals surface area contributed by atoms with Crippen LogP contribution in [0.4, 0.5) is 0 Å². The van der Waals surface area contributed by atoms with Gasteiger partial charge in [-0.1, -0.05) is 20.3 Å². The first-order valence-corrected chi connectivity index (χ1v) is 11.9. The van der Waals surface area contributed by atoms with Crippen LogP contribution in [-0.2, 0) is 24.0 Å². The molecule has 0 aliphatic carbocycles. The number of rotatable bonds is 15. The first-order valence-electron chi connectivity index (χ1n) is 10.8. The molecule has 0 aromatic heterocycles. The molecule has 0 saturated carbocycles. The molecule has 1 aliphatic rings. The van der Waals surface area contributed by atoms with Gasteiger partial charge >= 0.3 is 0 Å². The Balaban J connectivity index is 2.31. The SMILES string of the molecule is CNCCSC1CC(=O)N(CCCCCC(=O)NC(C(=O)NCC(C)=O)C(C)C)C1=O. The summed E-state index contributed by atoms with van der Waals surface area (Å²) >= 11 is 1.51. The van der Waals surface area contributed by atoms with Crippen LogP contribution in [0.25, 0.3) is 0 Å². The van der Waals surface area contributed by atoms with Gasteiger partial charge in [-0.15, -0.1) is 11.8 Å². The molecule has 2 unspecified atom stereocenters. The first kappa shape index (κ1) is 27.1. The lowest BCUT2D eigenvalue weighted by Crippen LogP contribution is -2.50. The molecule has 0 aromatic carbocycles. The largest absolute Gasteiger partial charge is 0.347 e. The minimum atomic E-state index is -0.691. The summed E-state index contributed by atoms with van der Waals surface area (Å²) in [5, 5.41) is 7.99. The lowest BCUT2D eigenvalue weighted by atomic mass is 10.0. The van der Waals surface area contributed by atoms with Crippen molar-refractivity contribution in [3.05, 3.63) is 0 Å². The summed E-state index contributed by atoms with van der Waals surface area (Å²) in [7, 11) is 1.85. The second-order valence-electron chi connectivity index (χ2n) is 8.07. The van der Waals surface area contributed by atoms with Gasteiger partial charge < -0.3 is 16.0 Å². The van der Waals surface area contributed by atoms with Gasteiger partial charge in [0.2, 0.25) is 23.6 Å². The zero-order valence-corrected chi connectivity index (χ0v) is 19.8. The molecule has 0 aromatic rings.